The molecule has 2 aromatic rings. The van der Waals surface area contributed by atoms with Crippen LogP contribution in [0.5, 0.6) is 0 Å². The van der Waals surface area contributed by atoms with Gasteiger partial charge in [0, 0.05) is 23.6 Å². The molecular weight excluding hydrogens is 471 g/mol. The Hall–Kier alpha value is -2.83. The molecular formula is C23H25F5N6O. The van der Waals surface area contributed by atoms with Gasteiger partial charge in [0.2, 0.25) is 5.91 Å². The van der Waals surface area contributed by atoms with Gasteiger partial charge in [0.1, 0.15) is 17.5 Å². The van der Waals surface area contributed by atoms with E-state index in [4.69, 9.17) is 0 Å². The van der Waals surface area contributed by atoms with E-state index in [0.29, 0.717) is 41.3 Å². The minimum Gasteiger partial charge on any atom is -0.338 e. The topological polar surface area (TPSA) is 72.5 Å². The molecule has 0 bridgehead atoms. The third-order valence-electron chi connectivity index (χ3n) is 6.74. The van der Waals surface area contributed by atoms with Gasteiger partial charge in [0.05, 0.1) is 36.7 Å². The van der Waals surface area contributed by atoms with E-state index >= 15 is 4.39 Å². The first kappa shape index (κ1) is 23.9. The summed E-state index contributed by atoms with van der Waals surface area (Å²) in [5, 5.41) is 3.03. The zero-order valence-corrected chi connectivity index (χ0v) is 18.8. The van der Waals surface area contributed by atoms with Gasteiger partial charge in [0.25, 0.3) is 0 Å². The highest BCUT2D eigenvalue weighted by Crippen LogP contribution is 2.40. The third kappa shape index (κ3) is 5.09. The quantitative estimate of drug-likeness (QED) is 0.563. The molecule has 5 rings (SSSR count). The first-order chi connectivity index (χ1) is 16.7. The van der Waals surface area contributed by atoms with Gasteiger partial charge in [-0.15, -0.1) is 0 Å². The maximum atomic E-state index is 15.1. The number of carbonyl (C=O) groups excluding carboxylic acids is 1. The summed E-state index contributed by atoms with van der Waals surface area (Å²) in [6.45, 7) is -0.0496. The SMILES string of the molecule is O=C(C1CCN(CC(F)(F)F)CC1)N1Cc2cc(F)cnc2Nc2cc(F)c(C3CCNN3)cc21. The van der Waals surface area contributed by atoms with E-state index in [1.54, 1.807) is 6.07 Å². The van der Waals surface area contributed by atoms with Gasteiger partial charge in [-0.05, 0) is 50.6 Å². The Morgan fingerprint density at radius 2 is 1.89 bits per heavy atom. The lowest BCUT2D eigenvalue weighted by atomic mass is 9.94. The van der Waals surface area contributed by atoms with Crippen molar-refractivity contribution in [2.45, 2.75) is 38.0 Å². The molecule has 7 nitrogen and oxygen atoms in total. The lowest BCUT2D eigenvalue weighted by molar-refractivity contribution is -0.149. The number of piperidine rings is 1. The average Bonchev–Trinajstić information content (AvgIpc) is 3.28. The Labute approximate surface area is 198 Å². The van der Waals surface area contributed by atoms with Gasteiger partial charge in [0.15, 0.2) is 0 Å². The van der Waals surface area contributed by atoms with Crippen molar-refractivity contribution in [3.63, 3.8) is 0 Å². The van der Waals surface area contributed by atoms with Crippen LogP contribution in [0.4, 0.5) is 39.1 Å². The predicted molar refractivity (Wildman–Crippen MR) is 119 cm³/mol. The molecule has 1 atom stereocenters. The number of amides is 1. The molecule has 0 radical (unpaired) electrons. The minimum atomic E-state index is -4.30. The van der Waals surface area contributed by atoms with Crippen LogP contribution in [-0.2, 0) is 11.3 Å². The number of halogens is 5. The number of nitrogens with one attached hydrogen (secondary N) is 3. The fourth-order valence-electron chi connectivity index (χ4n) is 4.99. The highest BCUT2D eigenvalue weighted by Gasteiger charge is 2.37. The molecule has 12 heteroatoms. The molecule has 3 aliphatic rings. The summed E-state index contributed by atoms with van der Waals surface area (Å²) in [6, 6.07) is 3.90. The normalized spacial score (nSPS) is 21.3. The summed E-state index contributed by atoms with van der Waals surface area (Å²) < 4.78 is 67.4. The van der Waals surface area contributed by atoms with Crippen molar-refractivity contribution in [1.29, 1.82) is 0 Å². The van der Waals surface area contributed by atoms with Gasteiger partial charge in [-0.3, -0.25) is 20.5 Å². The summed E-state index contributed by atoms with van der Waals surface area (Å²) in [7, 11) is 0. The molecule has 0 aliphatic carbocycles. The number of nitrogens with zero attached hydrogens (tertiary/aromatic N) is 3. The van der Waals surface area contributed by atoms with Crippen LogP contribution < -0.4 is 21.1 Å². The average molecular weight is 496 g/mol. The summed E-state index contributed by atoms with van der Waals surface area (Å²) in [5.74, 6) is -1.51. The summed E-state index contributed by atoms with van der Waals surface area (Å²) in [6.07, 6.45) is -2.06. The Balaban J connectivity index is 1.47. The maximum absolute atomic E-state index is 15.1. The largest absolute Gasteiger partial charge is 0.401 e. The maximum Gasteiger partial charge on any atom is 0.401 e. The van der Waals surface area contributed by atoms with Crippen molar-refractivity contribution in [2.24, 2.45) is 5.92 Å². The zero-order chi connectivity index (χ0) is 24.7. The second-order valence-electron chi connectivity index (χ2n) is 9.18. The van der Waals surface area contributed by atoms with Crippen LogP contribution >= 0.6 is 0 Å². The third-order valence-corrected chi connectivity index (χ3v) is 6.74. The van der Waals surface area contributed by atoms with Crippen LogP contribution in [0.2, 0.25) is 0 Å². The van der Waals surface area contributed by atoms with Crippen molar-refractivity contribution >= 4 is 23.1 Å². The van der Waals surface area contributed by atoms with E-state index in [1.165, 1.54) is 21.9 Å². The Morgan fingerprint density at radius 3 is 2.57 bits per heavy atom. The second-order valence-corrected chi connectivity index (χ2v) is 9.18. The fourth-order valence-corrected chi connectivity index (χ4v) is 4.99. The van der Waals surface area contributed by atoms with E-state index < -0.39 is 30.3 Å². The van der Waals surface area contributed by atoms with Crippen LogP contribution in [0.25, 0.3) is 0 Å². The van der Waals surface area contributed by atoms with Gasteiger partial charge in [-0.25, -0.2) is 13.8 Å². The van der Waals surface area contributed by atoms with Gasteiger partial charge in [-0.1, -0.05) is 0 Å². The number of anilines is 3. The van der Waals surface area contributed by atoms with Crippen LogP contribution in [-0.4, -0.2) is 48.1 Å². The summed E-state index contributed by atoms with van der Waals surface area (Å²) >= 11 is 0. The number of likely N-dealkylation sites (tertiary alicyclic amines) is 1. The van der Waals surface area contributed by atoms with E-state index in [-0.39, 0.29) is 44.4 Å². The van der Waals surface area contributed by atoms with Crippen molar-refractivity contribution in [3.8, 4) is 0 Å². The lowest BCUT2D eigenvalue weighted by Gasteiger charge is -2.34. The Morgan fingerprint density at radius 1 is 1.11 bits per heavy atom. The van der Waals surface area contributed by atoms with Crippen LogP contribution in [0.1, 0.15) is 36.4 Å². The van der Waals surface area contributed by atoms with E-state index in [0.717, 1.165) is 6.20 Å². The number of aromatic nitrogens is 1. The van der Waals surface area contributed by atoms with E-state index in [9.17, 15) is 22.4 Å². The highest BCUT2D eigenvalue weighted by atomic mass is 19.4. The molecule has 2 fully saturated rings. The first-order valence-corrected chi connectivity index (χ1v) is 11.5. The molecule has 1 aromatic heterocycles. The van der Waals surface area contributed by atoms with Crippen molar-refractivity contribution in [1.82, 2.24) is 20.7 Å². The highest BCUT2D eigenvalue weighted by molar-refractivity contribution is 5.99. The van der Waals surface area contributed by atoms with Gasteiger partial charge < -0.3 is 10.2 Å². The number of fused-ring (bicyclic) bond motifs is 2. The van der Waals surface area contributed by atoms with Gasteiger partial charge >= 0.3 is 6.18 Å². The van der Waals surface area contributed by atoms with E-state index in [2.05, 4.69) is 21.2 Å². The molecule has 4 heterocycles. The monoisotopic (exact) mass is 496 g/mol. The van der Waals surface area contributed by atoms with Crippen molar-refractivity contribution in [2.75, 3.05) is 36.4 Å². The molecule has 1 aromatic carbocycles. The molecule has 0 saturated carbocycles. The molecule has 35 heavy (non-hydrogen) atoms. The number of hydrogen-bond acceptors (Lipinski definition) is 6. The molecule has 3 aliphatic heterocycles. The predicted octanol–water partition coefficient (Wildman–Crippen LogP) is 3.76. The first-order valence-electron chi connectivity index (χ1n) is 11.5. The van der Waals surface area contributed by atoms with Crippen LogP contribution in [0.3, 0.4) is 0 Å². The molecule has 2 saturated heterocycles. The Bertz CT molecular complexity index is 1110. The molecule has 0 spiro atoms. The van der Waals surface area contributed by atoms with Crippen molar-refractivity contribution in [3.05, 3.63) is 47.2 Å². The molecule has 3 N–H and O–H groups in total. The Kier molecular flexibility index (Phi) is 6.36. The summed E-state index contributed by atoms with van der Waals surface area (Å²) in [4.78, 5) is 20.5. The number of hydrogen-bond donors (Lipinski definition) is 3. The standard InChI is InChI=1S/C23H25F5N6O/c24-15-7-14-11-34(22(35)13-2-5-33(6-3-13)12-23(26,27)28)20-8-16(18-1-4-30-32-18)17(25)9-19(20)31-21(14)29-10-15/h7-10,13,18,30,32H,1-6,11-12H2,(H,29,31). The number of hydrazine groups is 1. The number of rotatable bonds is 3. The van der Waals surface area contributed by atoms with Crippen molar-refractivity contribution < 1.29 is 26.7 Å². The zero-order valence-electron chi connectivity index (χ0n) is 18.8. The molecule has 1 amide bonds. The summed E-state index contributed by atoms with van der Waals surface area (Å²) in [5.41, 5.74) is 7.54. The van der Waals surface area contributed by atoms with Gasteiger partial charge in [-0.2, -0.15) is 13.2 Å². The number of benzene rings is 1. The number of alkyl halides is 3. The second kappa shape index (κ2) is 9.32. The fraction of sp³-hybridized carbons (Fsp3) is 0.478. The lowest BCUT2D eigenvalue weighted by Crippen LogP contribution is -2.45. The number of carbonyl (C=O) groups is 1. The van der Waals surface area contributed by atoms with Crippen LogP contribution in [0.15, 0.2) is 24.4 Å². The van der Waals surface area contributed by atoms with Crippen LogP contribution in [0, 0.1) is 17.6 Å². The minimum absolute atomic E-state index is 0.00309. The molecule has 188 valence electrons. The van der Waals surface area contributed by atoms with E-state index in [1.807, 2.05) is 0 Å². The molecule has 1 unspecified atom stereocenters. The number of pyridine rings is 1. The smallest absolute Gasteiger partial charge is 0.338 e.